The van der Waals surface area contributed by atoms with Gasteiger partial charge >= 0.3 is 12.1 Å². The topological polar surface area (TPSA) is 117 Å². The van der Waals surface area contributed by atoms with Crippen molar-refractivity contribution in [3.8, 4) is 0 Å². The van der Waals surface area contributed by atoms with Crippen molar-refractivity contribution in [3.63, 3.8) is 0 Å². The van der Waals surface area contributed by atoms with E-state index in [1.807, 2.05) is 6.92 Å². The summed E-state index contributed by atoms with van der Waals surface area (Å²) >= 11 is 6.45. The highest BCUT2D eigenvalue weighted by molar-refractivity contribution is 6.31. The molecule has 0 spiro atoms. The van der Waals surface area contributed by atoms with Crippen molar-refractivity contribution >= 4 is 35.4 Å². The number of halogens is 1. The molecule has 2 aromatic rings. The first kappa shape index (κ1) is 27.1. The zero-order valence-corrected chi connectivity index (χ0v) is 21.2. The molecule has 1 aromatic carbocycles. The average molecular weight is 517 g/mol. The van der Waals surface area contributed by atoms with Crippen molar-refractivity contribution in [2.75, 3.05) is 7.05 Å². The summed E-state index contributed by atoms with van der Waals surface area (Å²) in [5.74, 6) is -1.73. The number of carbonyl (C=O) groups excluding carboxylic acids is 3. The fourth-order valence-electron chi connectivity index (χ4n) is 4.54. The second-order valence-electron chi connectivity index (χ2n) is 8.83. The molecule has 36 heavy (non-hydrogen) atoms. The van der Waals surface area contributed by atoms with Gasteiger partial charge in [-0.1, -0.05) is 43.1 Å². The van der Waals surface area contributed by atoms with Crippen LogP contribution in [0.3, 0.4) is 0 Å². The summed E-state index contributed by atoms with van der Waals surface area (Å²) in [5.41, 5.74) is -0.424. The standard InChI is InChI=1S/C26H30ClN3O6/c1-3-9-21(24(33)34)28-23(32)18-10-8-15-30(16-18)17-36-25(35)29(2)26(14-7-6-13-22(26)31)19-11-4-5-12-20(19)27/h4-5,8,10-12,15-16,21H,3,6-7,9,13-14,17H2,1-2H3,(H-,28,32,33,34)/p+1/t21-,26?/m0/s1. The molecule has 0 radical (unpaired) electrons. The summed E-state index contributed by atoms with van der Waals surface area (Å²) in [7, 11) is 1.53. The Morgan fingerprint density at radius 2 is 1.97 bits per heavy atom. The molecule has 0 bridgehead atoms. The molecule has 1 fully saturated rings. The molecule has 2 atom stereocenters. The molecule has 1 saturated carbocycles. The molecule has 3 rings (SSSR count). The number of amides is 2. The molecule has 1 aliphatic carbocycles. The first-order valence-corrected chi connectivity index (χ1v) is 12.3. The Balaban J connectivity index is 1.74. The fourth-order valence-corrected chi connectivity index (χ4v) is 4.83. The van der Waals surface area contributed by atoms with Gasteiger partial charge < -0.3 is 15.2 Å². The van der Waals surface area contributed by atoms with Crippen LogP contribution in [0.4, 0.5) is 4.79 Å². The van der Waals surface area contributed by atoms with Gasteiger partial charge in [0.2, 0.25) is 0 Å². The van der Waals surface area contributed by atoms with Crippen LogP contribution in [0.2, 0.25) is 5.02 Å². The predicted octanol–water partition coefficient (Wildman–Crippen LogP) is 3.68. The summed E-state index contributed by atoms with van der Waals surface area (Å²) in [6, 6.07) is 9.15. The van der Waals surface area contributed by atoms with Crippen molar-refractivity contribution < 1.29 is 33.6 Å². The summed E-state index contributed by atoms with van der Waals surface area (Å²) in [5, 5.41) is 12.2. The number of nitrogens with zero attached hydrogens (tertiary/aromatic N) is 2. The van der Waals surface area contributed by atoms with Crippen molar-refractivity contribution in [1.82, 2.24) is 10.2 Å². The molecular weight excluding hydrogens is 486 g/mol. The van der Waals surface area contributed by atoms with Gasteiger partial charge in [-0.25, -0.2) is 9.59 Å². The summed E-state index contributed by atoms with van der Waals surface area (Å²) in [4.78, 5) is 51.5. The third-order valence-corrected chi connectivity index (χ3v) is 6.79. The predicted molar refractivity (Wildman–Crippen MR) is 131 cm³/mol. The van der Waals surface area contributed by atoms with E-state index >= 15 is 0 Å². The first-order valence-electron chi connectivity index (χ1n) is 11.9. The Hall–Kier alpha value is -3.46. The van der Waals surface area contributed by atoms with E-state index in [9.17, 15) is 24.3 Å². The number of nitrogens with one attached hydrogen (secondary N) is 1. The Morgan fingerprint density at radius 3 is 2.64 bits per heavy atom. The molecule has 1 heterocycles. The van der Waals surface area contributed by atoms with Crippen LogP contribution in [-0.4, -0.2) is 46.8 Å². The van der Waals surface area contributed by atoms with Gasteiger partial charge in [-0.2, -0.15) is 4.57 Å². The lowest BCUT2D eigenvalue weighted by atomic mass is 9.74. The quantitative estimate of drug-likeness (QED) is 0.491. The number of hydrogen-bond donors (Lipinski definition) is 2. The third kappa shape index (κ3) is 5.84. The molecule has 1 aliphatic rings. The molecule has 192 valence electrons. The molecule has 10 heteroatoms. The van der Waals surface area contributed by atoms with Crippen LogP contribution in [0.1, 0.15) is 61.4 Å². The van der Waals surface area contributed by atoms with Gasteiger partial charge in [-0.15, -0.1) is 0 Å². The molecule has 1 aromatic heterocycles. The van der Waals surface area contributed by atoms with E-state index in [0.717, 1.165) is 12.8 Å². The Labute approximate surface area is 215 Å². The molecule has 2 amide bonds. The van der Waals surface area contributed by atoms with Crippen LogP contribution in [-0.2, 0) is 26.6 Å². The van der Waals surface area contributed by atoms with Crippen molar-refractivity contribution in [2.24, 2.45) is 0 Å². The normalized spacial score (nSPS) is 18.2. The number of carboxylic acid groups (broad SMARTS) is 1. The lowest BCUT2D eigenvalue weighted by Crippen LogP contribution is -2.55. The second kappa shape index (κ2) is 12.0. The van der Waals surface area contributed by atoms with E-state index in [4.69, 9.17) is 16.3 Å². The van der Waals surface area contributed by atoms with E-state index in [2.05, 4.69) is 5.32 Å². The number of aliphatic carboxylic acids is 1. The third-order valence-electron chi connectivity index (χ3n) is 6.46. The molecule has 1 unspecified atom stereocenters. The maximum atomic E-state index is 13.2. The smallest absolute Gasteiger partial charge is 0.415 e. The van der Waals surface area contributed by atoms with E-state index in [-0.39, 0.29) is 18.1 Å². The maximum absolute atomic E-state index is 13.2. The number of aromatic nitrogens is 1. The highest BCUT2D eigenvalue weighted by Crippen LogP contribution is 2.42. The zero-order chi connectivity index (χ0) is 26.3. The summed E-state index contributed by atoms with van der Waals surface area (Å²) < 4.78 is 6.99. The van der Waals surface area contributed by atoms with Crippen molar-refractivity contribution in [3.05, 3.63) is 64.9 Å². The Kier molecular flexibility index (Phi) is 9.03. The monoisotopic (exact) mass is 516 g/mol. The van der Waals surface area contributed by atoms with E-state index in [1.54, 1.807) is 36.5 Å². The second-order valence-corrected chi connectivity index (χ2v) is 9.24. The molecular formula is C26H31ClN3O6+. The van der Waals surface area contributed by atoms with Crippen LogP contribution in [0.25, 0.3) is 0 Å². The van der Waals surface area contributed by atoms with Crippen molar-refractivity contribution in [2.45, 2.75) is 63.8 Å². The van der Waals surface area contributed by atoms with Gasteiger partial charge in [-0.3, -0.25) is 14.5 Å². The molecule has 2 N–H and O–H groups in total. The van der Waals surface area contributed by atoms with Crippen LogP contribution < -0.4 is 9.88 Å². The zero-order valence-electron chi connectivity index (χ0n) is 20.4. The molecule has 9 nitrogen and oxygen atoms in total. The average Bonchev–Trinajstić information content (AvgIpc) is 2.87. The van der Waals surface area contributed by atoms with Crippen LogP contribution in [0.5, 0.6) is 0 Å². The van der Waals surface area contributed by atoms with Gasteiger partial charge in [0, 0.05) is 30.1 Å². The number of hydrogen-bond acceptors (Lipinski definition) is 5. The van der Waals surface area contributed by atoms with Gasteiger partial charge in [0.05, 0.1) is 0 Å². The number of pyridine rings is 1. The Morgan fingerprint density at radius 1 is 1.22 bits per heavy atom. The largest absolute Gasteiger partial charge is 0.480 e. The van der Waals surface area contributed by atoms with Crippen molar-refractivity contribution in [1.29, 1.82) is 0 Å². The van der Waals surface area contributed by atoms with Crippen LogP contribution in [0.15, 0.2) is 48.8 Å². The number of carbonyl (C=O) groups is 4. The Bertz CT molecular complexity index is 1140. The van der Waals surface area contributed by atoms with Gasteiger partial charge in [-0.05, 0) is 37.8 Å². The first-order chi connectivity index (χ1) is 17.2. The van der Waals surface area contributed by atoms with Gasteiger partial charge in [0.15, 0.2) is 18.2 Å². The fraction of sp³-hybridized carbons (Fsp3) is 0.423. The lowest BCUT2D eigenvalue weighted by Gasteiger charge is -2.43. The molecule has 0 aliphatic heterocycles. The minimum atomic E-state index is -1.22. The number of likely N-dealkylation sites (N-methyl/N-ethyl adjacent to an activating group) is 1. The number of ketones is 1. The highest BCUT2D eigenvalue weighted by Gasteiger charge is 2.48. The number of rotatable bonds is 9. The van der Waals surface area contributed by atoms with E-state index < -0.39 is 29.6 Å². The maximum Gasteiger partial charge on any atom is 0.415 e. The van der Waals surface area contributed by atoms with Crippen LogP contribution in [0, 0.1) is 0 Å². The van der Waals surface area contributed by atoms with E-state index in [0.29, 0.717) is 36.3 Å². The van der Waals surface area contributed by atoms with E-state index in [1.165, 1.54) is 28.8 Å². The lowest BCUT2D eigenvalue weighted by molar-refractivity contribution is -0.727. The number of benzene rings is 1. The number of carboxylic acids is 1. The molecule has 0 saturated heterocycles. The number of Topliss-reactive ketones (excluding diaryl/α,β-unsaturated/α-hetero) is 1. The summed E-state index contributed by atoms with van der Waals surface area (Å²) in [6.07, 6.45) is 5.56. The minimum Gasteiger partial charge on any atom is -0.480 e. The van der Waals surface area contributed by atoms with Gasteiger partial charge in [0.25, 0.3) is 12.6 Å². The van der Waals surface area contributed by atoms with Gasteiger partial charge in [0.1, 0.15) is 17.1 Å². The number of ether oxygens (including phenoxy) is 1. The van der Waals surface area contributed by atoms with Crippen LogP contribution >= 0.6 is 11.6 Å². The highest BCUT2D eigenvalue weighted by atomic mass is 35.5. The SMILES string of the molecule is CCC[C@H](NC(=O)c1ccc[n+](COC(=O)N(C)C2(c3ccccc3Cl)CCCCC2=O)c1)C(=O)O. The minimum absolute atomic E-state index is 0.0901. The summed E-state index contributed by atoms with van der Waals surface area (Å²) in [6.45, 7) is 1.62.